The van der Waals surface area contributed by atoms with Crippen molar-refractivity contribution in [3.8, 4) is 0 Å². The minimum Gasteiger partial charge on any atom is -0.364 e. The van der Waals surface area contributed by atoms with Gasteiger partial charge in [0.1, 0.15) is 12.1 Å². The third-order valence-corrected chi connectivity index (χ3v) is 4.23. The normalized spacial score (nSPS) is 16.1. The molecular formula is C16H17N5. The van der Waals surface area contributed by atoms with Crippen LogP contribution in [-0.2, 0) is 19.9 Å². The molecule has 2 heterocycles. The molecule has 2 aromatic heterocycles. The van der Waals surface area contributed by atoms with Crippen LogP contribution in [0.2, 0.25) is 0 Å². The van der Waals surface area contributed by atoms with E-state index in [0.29, 0.717) is 0 Å². The molecule has 5 nitrogen and oxygen atoms in total. The smallest absolute Gasteiger partial charge is 0.163 e. The maximum atomic E-state index is 4.42. The first-order chi connectivity index (χ1) is 10.1. The van der Waals surface area contributed by atoms with E-state index in [2.05, 4.69) is 51.6 Å². The molecule has 0 aliphatic heterocycles. The summed E-state index contributed by atoms with van der Waals surface area (Å²) in [7, 11) is 1.90. The Morgan fingerprint density at radius 2 is 1.86 bits per heavy atom. The van der Waals surface area contributed by atoms with Crippen molar-refractivity contribution >= 4 is 16.9 Å². The Hall–Kier alpha value is -2.43. The summed E-state index contributed by atoms with van der Waals surface area (Å²) in [5.41, 5.74) is 3.68. The standard InChI is InChI=1S/C16H17N5/c1-16(7-11-5-3-4-6-12(11)8-16)20-14-13-9-19-21(2)15(13)18-10-17-14/h3-6,9-10H,7-8H2,1-2H3,(H,17,18,20). The van der Waals surface area contributed by atoms with Gasteiger partial charge in [0.05, 0.1) is 11.6 Å². The number of rotatable bonds is 2. The highest BCUT2D eigenvalue weighted by molar-refractivity contribution is 5.86. The molecule has 0 amide bonds. The zero-order valence-electron chi connectivity index (χ0n) is 12.2. The van der Waals surface area contributed by atoms with Crippen LogP contribution in [0.25, 0.3) is 11.0 Å². The van der Waals surface area contributed by atoms with Crippen LogP contribution in [-0.4, -0.2) is 25.3 Å². The number of aryl methyl sites for hydroxylation is 1. The van der Waals surface area contributed by atoms with E-state index in [1.54, 1.807) is 11.0 Å². The molecule has 1 aliphatic rings. The average Bonchev–Trinajstić information content (AvgIpc) is 3.00. The topological polar surface area (TPSA) is 55.6 Å². The number of benzene rings is 1. The summed E-state index contributed by atoms with van der Waals surface area (Å²) in [6.07, 6.45) is 5.44. The van der Waals surface area contributed by atoms with E-state index in [9.17, 15) is 0 Å². The lowest BCUT2D eigenvalue weighted by atomic mass is 9.98. The van der Waals surface area contributed by atoms with E-state index in [-0.39, 0.29) is 5.54 Å². The van der Waals surface area contributed by atoms with Crippen molar-refractivity contribution in [2.24, 2.45) is 7.05 Å². The maximum absolute atomic E-state index is 4.42. The first-order valence-corrected chi connectivity index (χ1v) is 7.12. The quantitative estimate of drug-likeness (QED) is 0.782. The number of hydrogen-bond donors (Lipinski definition) is 1. The molecule has 0 fully saturated rings. The average molecular weight is 279 g/mol. The highest BCUT2D eigenvalue weighted by atomic mass is 15.3. The number of nitrogens with zero attached hydrogens (tertiary/aromatic N) is 4. The SMILES string of the molecule is Cn1ncc2c(NC3(C)Cc4ccccc4C3)ncnc21. The monoisotopic (exact) mass is 279 g/mol. The van der Waals surface area contributed by atoms with Crippen molar-refractivity contribution < 1.29 is 0 Å². The van der Waals surface area contributed by atoms with Crippen LogP contribution in [0.1, 0.15) is 18.1 Å². The molecule has 3 aromatic rings. The van der Waals surface area contributed by atoms with E-state index < -0.39 is 0 Å². The zero-order chi connectivity index (χ0) is 14.4. The third-order valence-electron chi connectivity index (χ3n) is 4.23. The third kappa shape index (κ3) is 1.96. The Bertz CT molecular complexity index is 795. The molecule has 1 aliphatic carbocycles. The lowest BCUT2D eigenvalue weighted by molar-refractivity contribution is 0.544. The van der Waals surface area contributed by atoms with Crippen molar-refractivity contribution in [3.05, 3.63) is 47.9 Å². The predicted molar refractivity (Wildman–Crippen MR) is 82.2 cm³/mol. The van der Waals surface area contributed by atoms with E-state index in [4.69, 9.17) is 0 Å². The molecule has 0 spiro atoms. The van der Waals surface area contributed by atoms with Gasteiger partial charge in [-0.05, 0) is 30.9 Å². The summed E-state index contributed by atoms with van der Waals surface area (Å²) in [4.78, 5) is 8.70. The van der Waals surface area contributed by atoms with Gasteiger partial charge in [0.2, 0.25) is 0 Å². The Morgan fingerprint density at radius 1 is 1.14 bits per heavy atom. The van der Waals surface area contributed by atoms with Crippen LogP contribution in [0.4, 0.5) is 5.82 Å². The molecule has 0 unspecified atom stereocenters. The summed E-state index contributed by atoms with van der Waals surface area (Å²) in [6, 6.07) is 8.63. The van der Waals surface area contributed by atoms with Gasteiger partial charge in [0.25, 0.3) is 0 Å². The van der Waals surface area contributed by atoms with Gasteiger partial charge in [-0.25, -0.2) is 9.97 Å². The Labute approximate surface area is 123 Å². The molecule has 1 aromatic carbocycles. The molecule has 1 N–H and O–H groups in total. The summed E-state index contributed by atoms with van der Waals surface area (Å²) >= 11 is 0. The van der Waals surface area contributed by atoms with E-state index >= 15 is 0 Å². The number of hydrogen-bond acceptors (Lipinski definition) is 4. The molecule has 0 bridgehead atoms. The summed E-state index contributed by atoms with van der Waals surface area (Å²) < 4.78 is 1.77. The molecule has 0 saturated heterocycles. The van der Waals surface area contributed by atoms with Gasteiger partial charge in [-0.2, -0.15) is 5.10 Å². The Morgan fingerprint density at radius 3 is 2.57 bits per heavy atom. The fourth-order valence-electron chi connectivity index (χ4n) is 3.24. The van der Waals surface area contributed by atoms with Gasteiger partial charge in [-0.1, -0.05) is 24.3 Å². The van der Waals surface area contributed by atoms with Crippen molar-refractivity contribution in [3.63, 3.8) is 0 Å². The van der Waals surface area contributed by atoms with E-state index in [1.165, 1.54) is 11.1 Å². The first kappa shape index (κ1) is 12.3. The summed E-state index contributed by atoms with van der Waals surface area (Å²) in [5, 5.41) is 8.85. The van der Waals surface area contributed by atoms with Crippen LogP contribution in [0.3, 0.4) is 0 Å². The fourth-order valence-corrected chi connectivity index (χ4v) is 3.24. The summed E-state index contributed by atoms with van der Waals surface area (Å²) in [6.45, 7) is 2.25. The number of anilines is 1. The van der Waals surface area contributed by atoms with Gasteiger partial charge in [-0.3, -0.25) is 4.68 Å². The highest BCUT2D eigenvalue weighted by Crippen LogP contribution is 2.33. The second-order valence-corrected chi connectivity index (χ2v) is 6.04. The maximum Gasteiger partial charge on any atom is 0.163 e. The molecule has 5 heteroatoms. The minimum atomic E-state index is -0.0131. The molecule has 0 atom stereocenters. The predicted octanol–water partition coefficient (Wildman–Crippen LogP) is 2.33. The molecule has 21 heavy (non-hydrogen) atoms. The molecular weight excluding hydrogens is 262 g/mol. The van der Waals surface area contributed by atoms with Gasteiger partial charge >= 0.3 is 0 Å². The Kier molecular flexibility index (Phi) is 2.51. The molecule has 4 rings (SSSR count). The molecule has 0 saturated carbocycles. The van der Waals surface area contributed by atoms with Crippen molar-refractivity contribution in [1.29, 1.82) is 0 Å². The van der Waals surface area contributed by atoms with Crippen LogP contribution >= 0.6 is 0 Å². The number of nitrogens with one attached hydrogen (secondary N) is 1. The first-order valence-electron chi connectivity index (χ1n) is 7.12. The fraction of sp³-hybridized carbons (Fsp3) is 0.312. The lowest BCUT2D eigenvalue weighted by Gasteiger charge is -2.26. The summed E-state index contributed by atoms with van der Waals surface area (Å²) in [5.74, 6) is 0.864. The van der Waals surface area contributed by atoms with Crippen LogP contribution in [0, 0.1) is 0 Å². The van der Waals surface area contributed by atoms with Crippen molar-refractivity contribution in [2.45, 2.75) is 25.3 Å². The number of aromatic nitrogens is 4. The Balaban J connectivity index is 1.70. The lowest BCUT2D eigenvalue weighted by Crippen LogP contribution is -2.35. The van der Waals surface area contributed by atoms with Crippen LogP contribution in [0.5, 0.6) is 0 Å². The highest BCUT2D eigenvalue weighted by Gasteiger charge is 2.33. The molecule has 0 radical (unpaired) electrons. The van der Waals surface area contributed by atoms with E-state index in [1.807, 2.05) is 13.2 Å². The largest absolute Gasteiger partial charge is 0.364 e. The van der Waals surface area contributed by atoms with Crippen LogP contribution in [0.15, 0.2) is 36.8 Å². The van der Waals surface area contributed by atoms with E-state index in [0.717, 1.165) is 29.7 Å². The van der Waals surface area contributed by atoms with Crippen molar-refractivity contribution in [2.75, 3.05) is 5.32 Å². The van der Waals surface area contributed by atoms with Gasteiger partial charge in [0.15, 0.2) is 5.65 Å². The van der Waals surface area contributed by atoms with Gasteiger partial charge < -0.3 is 5.32 Å². The molecule has 106 valence electrons. The van der Waals surface area contributed by atoms with Gasteiger partial charge in [0, 0.05) is 12.6 Å². The van der Waals surface area contributed by atoms with Gasteiger partial charge in [-0.15, -0.1) is 0 Å². The second kappa shape index (κ2) is 4.28. The number of fused-ring (bicyclic) bond motifs is 2. The minimum absolute atomic E-state index is 0.0131. The second-order valence-electron chi connectivity index (χ2n) is 6.04. The zero-order valence-corrected chi connectivity index (χ0v) is 12.2. The van der Waals surface area contributed by atoms with Crippen LogP contribution < -0.4 is 5.32 Å². The van der Waals surface area contributed by atoms with Crippen molar-refractivity contribution in [1.82, 2.24) is 19.7 Å².